The summed E-state index contributed by atoms with van der Waals surface area (Å²) in [4.78, 5) is 131. The lowest BCUT2D eigenvalue weighted by Crippen LogP contribution is -2.51. The highest BCUT2D eigenvalue weighted by Gasteiger charge is 2.26. The average Bonchev–Trinajstić information content (AvgIpc) is 3.71. The molecular weight excluding hydrogens is 1220 g/mol. The highest BCUT2D eigenvalue weighted by molar-refractivity contribution is 5.89. The third kappa shape index (κ3) is 72.9. The Morgan fingerprint density at radius 2 is 0.436 bits per heavy atom. The van der Waals surface area contributed by atoms with Crippen LogP contribution in [0.3, 0.4) is 0 Å². The van der Waals surface area contributed by atoms with Crippen molar-refractivity contribution in [3.8, 4) is 0 Å². The summed E-state index contributed by atoms with van der Waals surface area (Å²) in [7, 11) is 0. The molecule has 0 aromatic carbocycles. The first kappa shape index (κ1) is 93.9. The van der Waals surface area contributed by atoms with Crippen molar-refractivity contribution in [3.05, 3.63) is 0 Å². The molecule has 0 radical (unpaired) electrons. The van der Waals surface area contributed by atoms with Crippen LogP contribution in [0.25, 0.3) is 0 Å². The van der Waals surface area contributed by atoms with E-state index in [0.717, 1.165) is 90.1 Å². The molecule has 548 valence electrons. The van der Waals surface area contributed by atoms with Gasteiger partial charge in [0.05, 0.1) is 25.7 Å². The number of unbranched alkanes of at least 4 members (excludes halogenated alkanes) is 24. The van der Waals surface area contributed by atoms with Crippen LogP contribution in [0.5, 0.6) is 0 Å². The monoisotopic (exact) mass is 1350 g/mol. The molecule has 16 N–H and O–H groups in total. The molecule has 1 aliphatic rings. The van der Waals surface area contributed by atoms with Gasteiger partial charge < -0.3 is 62.1 Å². The Bertz CT molecular complexity index is 1720. The van der Waals surface area contributed by atoms with Crippen LogP contribution in [-0.2, 0) is 57.5 Å². The largest absolute Gasteiger partial charge is 0.481 e. The highest BCUT2D eigenvalue weighted by atomic mass is 16.4. The van der Waals surface area contributed by atoms with Crippen LogP contribution < -0.4 is 43.2 Å². The van der Waals surface area contributed by atoms with Crippen LogP contribution in [0.2, 0.25) is 0 Å². The summed E-state index contributed by atoms with van der Waals surface area (Å²) < 4.78 is 0. The average molecular weight is 1350 g/mol. The van der Waals surface area contributed by atoms with Gasteiger partial charge in [0.15, 0.2) is 0 Å². The SMILES string of the molecule is C1CCCCCNNNNCCCC1.CCCCCCCCCC(=O)N[C@@H](CC(=O)O)C(=O)O.CCCCCCCCCC(=O)N[C@@H](CC(=O)O)C(=O)O.CCCCCCCCCC(=O)N[C@@H](CC(=O)O)C(=O)O.CCCCCCCCCC(=O)N[C@@H](CC(=O)O)C(=O)O. The minimum atomic E-state index is -1.34. The molecule has 1 heterocycles. The van der Waals surface area contributed by atoms with E-state index in [1.165, 1.54) is 128 Å². The van der Waals surface area contributed by atoms with Crippen LogP contribution in [0.15, 0.2) is 0 Å². The molecule has 0 spiro atoms. The number of hydrogen-bond acceptors (Lipinski definition) is 16. The van der Waals surface area contributed by atoms with E-state index >= 15 is 0 Å². The molecule has 94 heavy (non-hydrogen) atoms. The third-order valence-electron chi connectivity index (χ3n) is 14.7. The Balaban J connectivity index is -0.000000541. The van der Waals surface area contributed by atoms with Crippen LogP contribution in [-0.4, -0.2) is 149 Å². The second-order valence-corrected chi connectivity index (χ2v) is 23.6. The number of carboxylic acids is 8. The van der Waals surface area contributed by atoms with Gasteiger partial charge in [-0.1, -0.05) is 220 Å². The summed E-state index contributed by atoms with van der Waals surface area (Å²) in [6, 6.07) is -5.37. The van der Waals surface area contributed by atoms with Gasteiger partial charge in [0, 0.05) is 38.8 Å². The number of hydrogen-bond donors (Lipinski definition) is 16. The predicted octanol–water partition coefficient (Wildman–Crippen LogP) is 9.91. The van der Waals surface area contributed by atoms with Crippen LogP contribution in [0, 0.1) is 0 Å². The van der Waals surface area contributed by atoms with Gasteiger partial charge in [-0.05, 0) is 38.5 Å². The van der Waals surface area contributed by atoms with Gasteiger partial charge in [0.1, 0.15) is 24.2 Å². The molecule has 4 amide bonds. The van der Waals surface area contributed by atoms with Crippen molar-refractivity contribution >= 4 is 71.4 Å². The molecule has 1 fully saturated rings. The maximum absolute atomic E-state index is 11.5. The van der Waals surface area contributed by atoms with Gasteiger partial charge in [-0.2, -0.15) is 11.1 Å². The smallest absolute Gasteiger partial charge is 0.326 e. The first-order valence-electron chi connectivity index (χ1n) is 34.8. The molecule has 0 aromatic rings. The fourth-order valence-corrected chi connectivity index (χ4v) is 9.24. The zero-order valence-corrected chi connectivity index (χ0v) is 57.3. The normalized spacial score (nSPS) is 13.7. The van der Waals surface area contributed by atoms with E-state index in [-0.39, 0.29) is 25.7 Å². The first-order valence-corrected chi connectivity index (χ1v) is 34.8. The van der Waals surface area contributed by atoms with Gasteiger partial charge in [-0.25, -0.2) is 30.0 Å². The standard InChI is InChI=1S/4C14H25NO5.C10H24N4/c4*1-2-3-4-5-6-7-8-9-12(16)15-11(14(19)20)10-13(17)18;1-2-4-6-8-10-12-14-13-11-9-7-5-3-1/h4*11H,2-10H2,1H3,(H,15,16)(H,17,18)(H,19,20);11-14H,1-10H2/t4*11-;/m0000./s1. The molecule has 0 aromatic heterocycles. The predicted molar refractivity (Wildman–Crippen MR) is 357 cm³/mol. The van der Waals surface area contributed by atoms with E-state index in [1.54, 1.807) is 0 Å². The van der Waals surface area contributed by atoms with Crippen molar-refractivity contribution < 1.29 is 98.4 Å². The molecule has 1 rings (SSSR count). The summed E-state index contributed by atoms with van der Waals surface area (Å²) >= 11 is 0. The van der Waals surface area contributed by atoms with Crippen molar-refractivity contribution in [1.82, 2.24) is 43.2 Å². The number of carbonyl (C=O) groups is 12. The maximum atomic E-state index is 11.5. The molecule has 28 heteroatoms. The number of nitrogens with one attached hydrogen (secondary N) is 8. The summed E-state index contributed by atoms with van der Waals surface area (Å²) in [6.07, 6.45) is 39.5. The number of carbonyl (C=O) groups excluding carboxylic acids is 4. The van der Waals surface area contributed by atoms with Gasteiger partial charge in [0.2, 0.25) is 23.6 Å². The quantitative estimate of drug-likeness (QED) is 0.0252. The molecule has 0 saturated carbocycles. The second kappa shape index (κ2) is 69.3. The molecule has 0 unspecified atom stereocenters. The Morgan fingerprint density at radius 3 is 0.606 bits per heavy atom. The van der Waals surface area contributed by atoms with Crippen LogP contribution in [0.4, 0.5) is 0 Å². The van der Waals surface area contributed by atoms with Crippen molar-refractivity contribution in [1.29, 1.82) is 0 Å². The summed E-state index contributed by atoms with van der Waals surface area (Å²) in [6.45, 7) is 10.7. The van der Waals surface area contributed by atoms with Crippen LogP contribution >= 0.6 is 0 Å². The zero-order valence-electron chi connectivity index (χ0n) is 57.3. The summed E-state index contributed by atoms with van der Waals surface area (Å²) in [5.74, 6) is -11.8. The number of carboxylic acid groups (broad SMARTS) is 8. The molecular formula is C66H124N8O20. The van der Waals surface area contributed by atoms with Crippen LogP contribution in [0.1, 0.15) is 310 Å². The molecule has 1 aliphatic heterocycles. The van der Waals surface area contributed by atoms with Crippen molar-refractivity contribution in [2.45, 2.75) is 334 Å². The number of amides is 4. The molecule has 0 bridgehead atoms. The highest BCUT2D eigenvalue weighted by Crippen LogP contribution is 2.13. The van der Waals surface area contributed by atoms with Crippen molar-refractivity contribution in [2.24, 2.45) is 0 Å². The fraction of sp³-hybridized carbons (Fsp3) is 0.818. The van der Waals surface area contributed by atoms with E-state index in [4.69, 9.17) is 40.9 Å². The fourth-order valence-electron chi connectivity index (χ4n) is 9.24. The Hall–Kier alpha value is -6.52. The second-order valence-electron chi connectivity index (χ2n) is 23.6. The topological polar surface area (TPSA) is 463 Å². The van der Waals surface area contributed by atoms with Gasteiger partial charge in [-0.15, -0.1) is 0 Å². The van der Waals surface area contributed by atoms with E-state index in [2.05, 4.69) is 70.9 Å². The van der Waals surface area contributed by atoms with Gasteiger partial charge in [-0.3, -0.25) is 38.4 Å². The number of hydrazine groups is 3. The Kier molecular flexibility index (Phi) is 69.2. The van der Waals surface area contributed by atoms with E-state index in [0.29, 0.717) is 25.7 Å². The summed E-state index contributed by atoms with van der Waals surface area (Å²) in [5.41, 5.74) is 12.1. The minimum Gasteiger partial charge on any atom is -0.481 e. The van der Waals surface area contributed by atoms with E-state index in [9.17, 15) is 57.5 Å². The molecule has 1 saturated heterocycles. The third-order valence-corrected chi connectivity index (χ3v) is 14.7. The van der Waals surface area contributed by atoms with Crippen molar-refractivity contribution in [3.63, 3.8) is 0 Å². The lowest BCUT2D eigenvalue weighted by Gasteiger charge is -2.12. The summed E-state index contributed by atoms with van der Waals surface area (Å²) in [5, 5.41) is 78.3. The molecule has 4 atom stereocenters. The Labute approximate surface area is 558 Å². The number of rotatable bonds is 48. The lowest BCUT2D eigenvalue weighted by atomic mass is 10.1. The minimum absolute atomic E-state index is 0.247. The van der Waals surface area contributed by atoms with Gasteiger partial charge in [0.25, 0.3) is 0 Å². The van der Waals surface area contributed by atoms with E-state index < -0.39 is 121 Å². The lowest BCUT2D eigenvalue weighted by molar-refractivity contribution is -0.147. The van der Waals surface area contributed by atoms with E-state index in [1.807, 2.05) is 0 Å². The molecule has 28 nitrogen and oxygen atoms in total. The first-order chi connectivity index (χ1) is 44.9. The number of aliphatic carboxylic acids is 8. The Morgan fingerprint density at radius 1 is 0.266 bits per heavy atom. The van der Waals surface area contributed by atoms with Crippen molar-refractivity contribution in [2.75, 3.05) is 13.1 Å². The van der Waals surface area contributed by atoms with Gasteiger partial charge >= 0.3 is 47.8 Å². The maximum Gasteiger partial charge on any atom is 0.326 e. The molecule has 0 aliphatic carbocycles. The zero-order chi connectivity index (χ0) is 71.4.